The molecule has 4 nitrogen and oxygen atoms in total. The number of halogens is 1. The zero-order chi connectivity index (χ0) is 11.5. The van der Waals surface area contributed by atoms with Gasteiger partial charge in [-0.05, 0) is 19.8 Å². The van der Waals surface area contributed by atoms with Crippen LogP contribution in [0.1, 0.15) is 39.5 Å². The number of hydrogen-bond donors (Lipinski definition) is 3. The summed E-state index contributed by atoms with van der Waals surface area (Å²) >= 11 is 0. The zero-order valence-electron chi connectivity index (χ0n) is 10.0. The number of carbonyl (C=O) groups excluding carboxylic acids is 1. The van der Waals surface area contributed by atoms with E-state index in [4.69, 9.17) is 5.73 Å². The summed E-state index contributed by atoms with van der Waals surface area (Å²) in [6.45, 7) is 4.21. The largest absolute Gasteiger partial charge is 0.392 e. The second kappa shape index (κ2) is 6.42. The number of nitrogens with one attached hydrogen (secondary N) is 1. The Kier molecular flexibility index (Phi) is 6.30. The van der Waals surface area contributed by atoms with Crippen molar-refractivity contribution in [3.8, 4) is 0 Å². The molecular formula is C11H23ClN2O2. The number of aliphatic hydroxyl groups excluding tert-OH is 1. The van der Waals surface area contributed by atoms with E-state index < -0.39 is 6.04 Å². The molecule has 4 N–H and O–H groups in total. The smallest absolute Gasteiger partial charge is 0.236 e. The van der Waals surface area contributed by atoms with Gasteiger partial charge in [-0.3, -0.25) is 4.79 Å². The fourth-order valence-corrected chi connectivity index (χ4v) is 2.04. The molecule has 0 saturated heterocycles. The van der Waals surface area contributed by atoms with Crippen LogP contribution in [0.5, 0.6) is 0 Å². The van der Waals surface area contributed by atoms with Gasteiger partial charge < -0.3 is 16.2 Å². The number of aliphatic hydroxyl groups is 1. The first-order chi connectivity index (χ1) is 6.96. The predicted octanol–water partition coefficient (Wildman–Crippen LogP) is 0.813. The molecule has 0 aromatic rings. The number of amides is 1. The van der Waals surface area contributed by atoms with Crippen molar-refractivity contribution in [2.45, 2.75) is 51.7 Å². The van der Waals surface area contributed by atoms with Crippen LogP contribution in [0, 0.1) is 5.41 Å². The third kappa shape index (κ3) is 3.92. The van der Waals surface area contributed by atoms with Crippen LogP contribution in [0.15, 0.2) is 0 Å². The first-order valence-electron chi connectivity index (χ1n) is 5.67. The first kappa shape index (κ1) is 15.7. The van der Waals surface area contributed by atoms with Crippen LogP contribution in [0.2, 0.25) is 0 Å². The van der Waals surface area contributed by atoms with Crippen molar-refractivity contribution in [2.75, 3.05) is 6.54 Å². The Morgan fingerprint density at radius 2 is 2.25 bits per heavy atom. The highest BCUT2D eigenvalue weighted by Gasteiger charge is 2.35. The highest BCUT2D eigenvalue weighted by atomic mass is 35.5. The summed E-state index contributed by atoms with van der Waals surface area (Å²) in [7, 11) is 0. The number of carbonyl (C=O) groups is 1. The lowest BCUT2D eigenvalue weighted by Gasteiger charge is -2.38. The fraction of sp³-hybridized carbons (Fsp3) is 0.909. The molecule has 1 amide bonds. The van der Waals surface area contributed by atoms with Gasteiger partial charge in [-0.25, -0.2) is 0 Å². The molecule has 1 saturated carbocycles. The Morgan fingerprint density at radius 3 is 2.75 bits per heavy atom. The summed E-state index contributed by atoms with van der Waals surface area (Å²) in [5.41, 5.74) is 5.28. The summed E-state index contributed by atoms with van der Waals surface area (Å²) in [4.78, 5) is 11.3. The lowest BCUT2D eigenvalue weighted by atomic mass is 9.73. The molecule has 0 spiro atoms. The number of hydrogen-bond acceptors (Lipinski definition) is 3. The molecule has 0 bridgehead atoms. The van der Waals surface area contributed by atoms with Crippen LogP contribution in [0.4, 0.5) is 0 Å². The van der Waals surface area contributed by atoms with Crippen LogP contribution in [0.3, 0.4) is 0 Å². The van der Waals surface area contributed by atoms with E-state index in [0.29, 0.717) is 6.54 Å². The maximum absolute atomic E-state index is 11.3. The minimum atomic E-state index is -0.477. The van der Waals surface area contributed by atoms with Crippen molar-refractivity contribution in [3.05, 3.63) is 0 Å². The second-order valence-corrected chi connectivity index (χ2v) is 4.92. The van der Waals surface area contributed by atoms with Crippen molar-refractivity contribution < 1.29 is 9.90 Å². The summed E-state index contributed by atoms with van der Waals surface area (Å²) < 4.78 is 0. The van der Waals surface area contributed by atoms with Gasteiger partial charge in [-0.15, -0.1) is 12.4 Å². The molecule has 1 aliphatic rings. The Labute approximate surface area is 103 Å². The van der Waals surface area contributed by atoms with Crippen molar-refractivity contribution in [1.82, 2.24) is 5.32 Å². The van der Waals surface area contributed by atoms with Crippen molar-refractivity contribution in [2.24, 2.45) is 11.1 Å². The average molecular weight is 251 g/mol. The van der Waals surface area contributed by atoms with Gasteiger partial charge in [0.25, 0.3) is 0 Å². The minimum absolute atomic E-state index is 0. The minimum Gasteiger partial charge on any atom is -0.392 e. The SMILES string of the molecule is C[C@H](N)C(=O)NCC1(C)CCCCC1O.Cl. The maximum Gasteiger partial charge on any atom is 0.236 e. The molecule has 3 atom stereocenters. The Morgan fingerprint density at radius 1 is 1.62 bits per heavy atom. The van der Waals surface area contributed by atoms with Gasteiger partial charge >= 0.3 is 0 Å². The van der Waals surface area contributed by atoms with Crippen molar-refractivity contribution in [1.29, 1.82) is 0 Å². The average Bonchev–Trinajstić information content (AvgIpc) is 2.19. The molecule has 1 rings (SSSR count). The van der Waals surface area contributed by atoms with Gasteiger partial charge in [0.15, 0.2) is 0 Å². The molecule has 0 heterocycles. The van der Waals surface area contributed by atoms with E-state index in [1.807, 2.05) is 6.92 Å². The molecule has 0 aliphatic heterocycles. The van der Waals surface area contributed by atoms with Crippen LogP contribution < -0.4 is 11.1 Å². The lowest BCUT2D eigenvalue weighted by molar-refractivity contribution is -0.123. The van der Waals surface area contributed by atoms with E-state index >= 15 is 0 Å². The summed E-state index contributed by atoms with van der Waals surface area (Å²) in [5, 5.41) is 12.7. The second-order valence-electron chi connectivity index (χ2n) is 4.92. The van der Waals surface area contributed by atoms with E-state index in [-0.39, 0.29) is 29.8 Å². The third-order valence-electron chi connectivity index (χ3n) is 3.36. The Bertz CT molecular complexity index is 236. The third-order valence-corrected chi connectivity index (χ3v) is 3.36. The summed E-state index contributed by atoms with van der Waals surface area (Å²) in [5.74, 6) is -0.144. The normalized spacial score (nSPS) is 31.4. The standard InChI is InChI=1S/C11H22N2O2.ClH/c1-8(12)10(15)13-7-11(2)6-4-3-5-9(11)14;/h8-9,14H,3-7,12H2,1-2H3,(H,13,15);1H/t8-,9?,11?;/m0./s1. The fourth-order valence-electron chi connectivity index (χ4n) is 2.04. The van der Waals surface area contributed by atoms with Crippen LogP contribution in [-0.2, 0) is 4.79 Å². The first-order valence-corrected chi connectivity index (χ1v) is 5.67. The summed E-state index contributed by atoms with van der Waals surface area (Å²) in [6.07, 6.45) is 3.71. The predicted molar refractivity (Wildman–Crippen MR) is 66.5 cm³/mol. The van der Waals surface area contributed by atoms with Gasteiger partial charge in [0, 0.05) is 12.0 Å². The molecule has 5 heteroatoms. The van der Waals surface area contributed by atoms with E-state index in [1.165, 1.54) is 0 Å². The molecule has 0 aromatic heterocycles. The highest BCUT2D eigenvalue weighted by molar-refractivity contribution is 5.85. The van der Waals surface area contributed by atoms with E-state index in [2.05, 4.69) is 5.32 Å². The Balaban J connectivity index is 0.00000225. The monoisotopic (exact) mass is 250 g/mol. The quantitative estimate of drug-likeness (QED) is 0.694. The number of rotatable bonds is 3. The number of nitrogens with two attached hydrogens (primary N) is 1. The van der Waals surface area contributed by atoms with Gasteiger partial charge in [0.1, 0.15) is 0 Å². The van der Waals surface area contributed by atoms with Crippen LogP contribution >= 0.6 is 12.4 Å². The molecule has 0 radical (unpaired) electrons. The molecular weight excluding hydrogens is 228 g/mol. The van der Waals surface area contributed by atoms with Crippen molar-refractivity contribution >= 4 is 18.3 Å². The van der Waals surface area contributed by atoms with Crippen LogP contribution in [-0.4, -0.2) is 29.7 Å². The lowest BCUT2D eigenvalue weighted by Crippen LogP contribution is -2.48. The molecule has 96 valence electrons. The van der Waals surface area contributed by atoms with Crippen LogP contribution in [0.25, 0.3) is 0 Å². The summed E-state index contributed by atoms with van der Waals surface area (Å²) in [6, 6.07) is -0.477. The molecule has 0 aromatic carbocycles. The van der Waals surface area contributed by atoms with Gasteiger partial charge in [-0.2, -0.15) is 0 Å². The molecule has 1 aliphatic carbocycles. The van der Waals surface area contributed by atoms with Crippen molar-refractivity contribution in [3.63, 3.8) is 0 Å². The highest BCUT2D eigenvalue weighted by Crippen LogP contribution is 2.35. The van der Waals surface area contributed by atoms with E-state index in [1.54, 1.807) is 6.92 Å². The topological polar surface area (TPSA) is 75.4 Å². The molecule has 1 fully saturated rings. The Hall–Kier alpha value is -0.320. The van der Waals surface area contributed by atoms with Gasteiger partial charge in [0.05, 0.1) is 12.1 Å². The van der Waals surface area contributed by atoms with Gasteiger partial charge in [-0.1, -0.05) is 19.8 Å². The molecule has 16 heavy (non-hydrogen) atoms. The zero-order valence-corrected chi connectivity index (χ0v) is 10.8. The molecule has 2 unspecified atom stereocenters. The van der Waals surface area contributed by atoms with E-state index in [0.717, 1.165) is 25.7 Å². The van der Waals surface area contributed by atoms with Gasteiger partial charge in [0.2, 0.25) is 5.91 Å². The maximum atomic E-state index is 11.3. The van der Waals surface area contributed by atoms with E-state index in [9.17, 15) is 9.90 Å².